The Hall–Kier alpha value is -3.92. The van der Waals surface area contributed by atoms with Gasteiger partial charge in [0.2, 0.25) is 5.88 Å². The Kier molecular flexibility index (Phi) is 6.78. The molecule has 1 fully saturated rings. The van der Waals surface area contributed by atoms with E-state index in [1.807, 2.05) is 51.1 Å². The van der Waals surface area contributed by atoms with E-state index in [-0.39, 0.29) is 23.1 Å². The predicted octanol–water partition coefficient (Wildman–Crippen LogP) is 4.77. The maximum atomic E-state index is 13.5. The number of nitrogens with one attached hydrogen (secondary N) is 1. The fourth-order valence-electron chi connectivity index (χ4n) is 4.31. The number of nitrogens with zero attached hydrogens (tertiary/aromatic N) is 3. The lowest BCUT2D eigenvalue weighted by atomic mass is 9.95. The Balaban J connectivity index is 1.81. The molecule has 174 valence electrons. The molecule has 1 N–H and O–H groups in total. The largest absolute Gasteiger partial charge is 0.438 e. The van der Waals surface area contributed by atoms with E-state index in [2.05, 4.69) is 10.3 Å². The molecule has 0 radical (unpaired) electrons. The third-order valence-electron chi connectivity index (χ3n) is 6.18. The van der Waals surface area contributed by atoms with Gasteiger partial charge in [-0.15, -0.1) is 0 Å². The molecule has 2 heterocycles. The van der Waals surface area contributed by atoms with E-state index in [4.69, 9.17) is 4.74 Å². The molecule has 0 bridgehead atoms. The molecular formula is C27H28N4O3. The fraction of sp³-hybridized carbons (Fsp3) is 0.333. The summed E-state index contributed by atoms with van der Waals surface area (Å²) < 4.78 is 7.51. The quantitative estimate of drug-likeness (QED) is 0.441. The molecule has 7 heteroatoms. The Labute approximate surface area is 198 Å². The Bertz CT molecular complexity index is 1380. The van der Waals surface area contributed by atoms with Crippen molar-refractivity contribution in [1.29, 1.82) is 5.26 Å². The molecule has 3 aromatic rings. The summed E-state index contributed by atoms with van der Waals surface area (Å²) in [6.07, 6.45) is 7.96. The molecular weight excluding hydrogens is 428 g/mol. The zero-order chi connectivity index (χ0) is 24.2. The van der Waals surface area contributed by atoms with Gasteiger partial charge in [0.25, 0.3) is 11.5 Å². The van der Waals surface area contributed by atoms with Crippen LogP contribution in [0.1, 0.15) is 54.4 Å². The number of amides is 1. The van der Waals surface area contributed by atoms with Crippen molar-refractivity contribution in [3.63, 3.8) is 0 Å². The van der Waals surface area contributed by atoms with Crippen molar-refractivity contribution in [2.24, 2.45) is 0 Å². The highest BCUT2D eigenvalue weighted by Gasteiger charge is 2.21. The van der Waals surface area contributed by atoms with Gasteiger partial charge in [0.05, 0.1) is 0 Å². The normalized spacial score (nSPS) is 14.6. The van der Waals surface area contributed by atoms with Crippen LogP contribution in [0, 0.1) is 32.1 Å². The molecule has 1 aliphatic rings. The number of aromatic nitrogens is 2. The van der Waals surface area contributed by atoms with Crippen molar-refractivity contribution in [2.75, 3.05) is 0 Å². The van der Waals surface area contributed by atoms with Gasteiger partial charge in [-0.25, -0.2) is 0 Å². The second-order valence-corrected chi connectivity index (χ2v) is 8.87. The lowest BCUT2D eigenvalue weighted by Gasteiger charge is -2.22. The number of fused-ring (bicyclic) bond motifs is 1. The summed E-state index contributed by atoms with van der Waals surface area (Å²) in [4.78, 5) is 30.9. The molecule has 1 amide bonds. The number of rotatable bonds is 5. The molecule has 1 aromatic carbocycles. The Morgan fingerprint density at radius 1 is 1.18 bits per heavy atom. The third kappa shape index (κ3) is 4.86. The van der Waals surface area contributed by atoms with E-state index in [1.165, 1.54) is 10.5 Å². The Morgan fingerprint density at radius 2 is 1.94 bits per heavy atom. The number of carbonyl (C=O) groups excluding carboxylic acids is 1. The van der Waals surface area contributed by atoms with Crippen molar-refractivity contribution < 1.29 is 9.53 Å². The summed E-state index contributed by atoms with van der Waals surface area (Å²) in [6.45, 7) is 5.75. The molecule has 1 saturated carbocycles. The SMILES string of the molecule is Cc1ccc(Oc2nc3c(C)cccn3c(=O)c2C=C(C#N)C(=O)NC2CCCCC2)c(C)c1. The van der Waals surface area contributed by atoms with Gasteiger partial charge in [-0.1, -0.05) is 43.0 Å². The number of carbonyl (C=O) groups is 1. The van der Waals surface area contributed by atoms with Crippen LogP contribution in [-0.2, 0) is 4.79 Å². The first-order valence-corrected chi connectivity index (χ1v) is 11.6. The number of aryl methyl sites for hydroxylation is 3. The van der Waals surface area contributed by atoms with Crippen molar-refractivity contribution >= 4 is 17.6 Å². The van der Waals surface area contributed by atoms with Crippen LogP contribution in [0.2, 0.25) is 0 Å². The third-order valence-corrected chi connectivity index (χ3v) is 6.18. The van der Waals surface area contributed by atoms with E-state index in [0.717, 1.165) is 48.8 Å². The van der Waals surface area contributed by atoms with Gasteiger partial charge in [-0.3, -0.25) is 14.0 Å². The highest BCUT2D eigenvalue weighted by atomic mass is 16.5. The maximum absolute atomic E-state index is 13.5. The zero-order valence-corrected chi connectivity index (χ0v) is 19.7. The number of pyridine rings is 1. The van der Waals surface area contributed by atoms with Crippen LogP contribution in [0.25, 0.3) is 11.7 Å². The number of nitriles is 1. The van der Waals surface area contributed by atoms with Gasteiger partial charge >= 0.3 is 0 Å². The van der Waals surface area contributed by atoms with E-state index < -0.39 is 11.5 Å². The number of ether oxygens (including phenoxy) is 1. The minimum atomic E-state index is -0.486. The number of hydrogen-bond acceptors (Lipinski definition) is 5. The summed E-state index contributed by atoms with van der Waals surface area (Å²) in [5, 5.41) is 12.7. The number of hydrogen-bond donors (Lipinski definition) is 1. The summed E-state index contributed by atoms with van der Waals surface area (Å²) in [5.41, 5.74) is 2.72. The summed E-state index contributed by atoms with van der Waals surface area (Å²) >= 11 is 0. The standard InChI is InChI=1S/C27H28N4O3/c1-17-11-12-23(19(3)14-17)34-26-22(27(33)31-13-7-8-18(2)24(31)30-26)15-20(16-28)25(32)29-21-9-5-4-6-10-21/h7-8,11-15,21H,4-6,9-10H2,1-3H3,(H,29,32). The predicted molar refractivity (Wildman–Crippen MR) is 131 cm³/mol. The second kappa shape index (κ2) is 9.92. The van der Waals surface area contributed by atoms with Gasteiger partial charge in [-0.2, -0.15) is 10.2 Å². The molecule has 0 atom stereocenters. The van der Waals surface area contributed by atoms with Crippen LogP contribution >= 0.6 is 0 Å². The first kappa shape index (κ1) is 23.2. The summed E-state index contributed by atoms with van der Waals surface area (Å²) in [7, 11) is 0. The van der Waals surface area contributed by atoms with Crippen molar-refractivity contribution in [1.82, 2.24) is 14.7 Å². The molecule has 34 heavy (non-hydrogen) atoms. The van der Waals surface area contributed by atoms with Gasteiger partial charge in [-0.05, 0) is 62.9 Å². The van der Waals surface area contributed by atoms with Crippen LogP contribution in [0.3, 0.4) is 0 Å². The van der Waals surface area contributed by atoms with Gasteiger partial charge < -0.3 is 10.1 Å². The van der Waals surface area contributed by atoms with Gasteiger partial charge in [0.15, 0.2) is 0 Å². The van der Waals surface area contributed by atoms with Crippen LogP contribution in [0.4, 0.5) is 0 Å². The molecule has 0 unspecified atom stereocenters. The van der Waals surface area contributed by atoms with Gasteiger partial charge in [0.1, 0.15) is 28.6 Å². The molecule has 0 spiro atoms. The molecule has 1 aliphatic carbocycles. The summed E-state index contributed by atoms with van der Waals surface area (Å²) in [6, 6.07) is 11.3. The second-order valence-electron chi connectivity index (χ2n) is 8.87. The molecule has 0 saturated heterocycles. The Morgan fingerprint density at radius 3 is 2.65 bits per heavy atom. The minimum Gasteiger partial charge on any atom is -0.438 e. The molecule has 2 aromatic heterocycles. The highest BCUT2D eigenvalue weighted by Crippen LogP contribution is 2.28. The van der Waals surface area contributed by atoms with Crippen molar-refractivity contribution in [3.8, 4) is 17.7 Å². The van der Waals surface area contributed by atoms with Crippen LogP contribution in [0.15, 0.2) is 46.9 Å². The minimum absolute atomic E-state index is 0.0439. The molecule has 0 aliphatic heterocycles. The lowest BCUT2D eigenvalue weighted by Crippen LogP contribution is -2.36. The average molecular weight is 457 g/mol. The molecule has 4 rings (SSSR count). The fourth-order valence-corrected chi connectivity index (χ4v) is 4.31. The van der Waals surface area contributed by atoms with E-state index >= 15 is 0 Å². The zero-order valence-electron chi connectivity index (χ0n) is 19.7. The van der Waals surface area contributed by atoms with E-state index in [1.54, 1.807) is 12.3 Å². The number of benzene rings is 1. The van der Waals surface area contributed by atoms with E-state index in [0.29, 0.717) is 11.4 Å². The first-order valence-electron chi connectivity index (χ1n) is 11.6. The van der Waals surface area contributed by atoms with Crippen LogP contribution in [-0.4, -0.2) is 21.3 Å². The highest BCUT2D eigenvalue weighted by molar-refractivity contribution is 6.02. The van der Waals surface area contributed by atoms with Gasteiger partial charge in [0, 0.05) is 12.2 Å². The van der Waals surface area contributed by atoms with Crippen LogP contribution in [0.5, 0.6) is 11.6 Å². The van der Waals surface area contributed by atoms with E-state index in [9.17, 15) is 14.9 Å². The smallest absolute Gasteiger partial charge is 0.269 e. The first-order chi connectivity index (χ1) is 16.4. The van der Waals surface area contributed by atoms with Crippen LogP contribution < -0.4 is 15.6 Å². The summed E-state index contributed by atoms with van der Waals surface area (Å²) in [5.74, 6) is 0.125. The molecule has 7 nitrogen and oxygen atoms in total. The monoisotopic (exact) mass is 456 g/mol. The van der Waals surface area contributed by atoms with Crippen molar-refractivity contribution in [2.45, 2.75) is 58.9 Å². The lowest BCUT2D eigenvalue weighted by molar-refractivity contribution is -0.117. The van der Waals surface area contributed by atoms with Crippen molar-refractivity contribution in [3.05, 3.63) is 74.7 Å². The topological polar surface area (TPSA) is 96.5 Å². The maximum Gasteiger partial charge on any atom is 0.269 e. The average Bonchev–Trinajstić information content (AvgIpc) is 2.82.